The van der Waals surface area contributed by atoms with Gasteiger partial charge in [0.15, 0.2) is 0 Å². The molecule has 1 aromatic rings. The second-order valence-electron chi connectivity index (χ2n) is 4.03. The van der Waals surface area contributed by atoms with Gasteiger partial charge in [-0.15, -0.1) is 0 Å². The smallest absolute Gasteiger partial charge is 0.269 e. The summed E-state index contributed by atoms with van der Waals surface area (Å²) < 4.78 is 0. The molecule has 0 aliphatic carbocycles. The number of nitro benzene ring substituents is 1. The van der Waals surface area contributed by atoms with Gasteiger partial charge < -0.3 is 5.32 Å². The molecule has 17 heavy (non-hydrogen) atoms. The minimum Gasteiger partial charge on any atom is -0.374 e. The Morgan fingerprint density at radius 1 is 1.35 bits per heavy atom. The van der Waals surface area contributed by atoms with E-state index >= 15 is 0 Å². The Labute approximate surface area is 99.7 Å². The van der Waals surface area contributed by atoms with Crippen molar-refractivity contribution in [2.24, 2.45) is 4.99 Å². The summed E-state index contributed by atoms with van der Waals surface area (Å²) in [6, 6.07) is 6.69. The van der Waals surface area contributed by atoms with Crippen molar-refractivity contribution in [3.05, 3.63) is 39.9 Å². The van der Waals surface area contributed by atoms with Crippen molar-refractivity contribution in [1.82, 2.24) is 5.32 Å². The monoisotopic (exact) mass is 233 g/mol. The molecule has 0 atom stereocenters. The van der Waals surface area contributed by atoms with Gasteiger partial charge in [-0.2, -0.15) is 0 Å². The van der Waals surface area contributed by atoms with E-state index in [-0.39, 0.29) is 10.6 Å². The van der Waals surface area contributed by atoms with Gasteiger partial charge in [-0.3, -0.25) is 15.1 Å². The topological polar surface area (TPSA) is 67.5 Å². The zero-order valence-corrected chi connectivity index (χ0v) is 9.56. The highest BCUT2D eigenvalue weighted by Crippen LogP contribution is 2.12. The summed E-state index contributed by atoms with van der Waals surface area (Å²) in [7, 11) is 0. The number of benzene rings is 1. The zero-order valence-electron chi connectivity index (χ0n) is 9.56. The molecule has 2 rings (SSSR count). The fourth-order valence-corrected chi connectivity index (χ4v) is 1.82. The first-order chi connectivity index (χ1) is 8.25. The number of aliphatic imine (C=N–C) groups is 1. The molecule has 5 nitrogen and oxygen atoms in total. The van der Waals surface area contributed by atoms with Crippen LogP contribution in [0.5, 0.6) is 0 Å². The largest absolute Gasteiger partial charge is 0.374 e. The predicted molar refractivity (Wildman–Crippen MR) is 66.3 cm³/mol. The van der Waals surface area contributed by atoms with Gasteiger partial charge >= 0.3 is 0 Å². The zero-order chi connectivity index (χ0) is 12.1. The minimum absolute atomic E-state index is 0.141. The van der Waals surface area contributed by atoms with Crippen molar-refractivity contribution < 1.29 is 4.92 Å². The summed E-state index contributed by atoms with van der Waals surface area (Å²) in [4.78, 5) is 14.4. The highest BCUT2D eigenvalue weighted by Gasteiger charge is 2.06. The van der Waals surface area contributed by atoms with Gasteiger partial charge in [-0.05, 0) is 18.4 Å². The SMILES string of the molecule is O=[N+]([O-])c1ccc(CCNC2=NCCC2)cc1. The van der Waals surface area contributed by atoms with E-state index in [0.29, 0.717) is 0 Å². The molecule has 0 saturated carbocycles. The normalized spacial score (nSPS) is 14.5. The van der Waals surface area contributed by atoms with E-state index in [1.807, 2.05) is 0 Å². The molecule has 0 saturated heterocycles. The lowest BCUT2D eigenvalue weighted by molar-refractivity contribution is -0.384. The molecule has 0 aromatic heterocycles. The van der Waals surface area contributed by atoms with Crippen molar-refractivity contribution in [2.75, 3.05) is 13.1 Å². The number of hydrogen-bond acceptors (Lipinski definition) is 4. The average molecular weight is 233 g/mol. The van der Waals surface area contributed by atoms with Crippen LogP contribution in [0.2, 0.25) is 0 Å². The van der Waals surface area contributed by atoms with Crippen LogP contribution >= 0.6 is 0 Å². The Hall–Kier alpha value is -1.91. The molecular formula is C12H15N3O2. The number of rotatable bonds is 4. The van der Waals surface area contributed by atoms with E-state index in [4.69, 9.17) is 0 Å². The Bertz CT molecular complexity index is 426. The molecule has 1 N–H and O–H groups in total. The lowest BCUT2D eigenvalue weighted by atomic mass is 10.1. The molecule has 1 heterocycles. The number of nitrogens with one attached hydrogen (secondary N) is 1. The molecule has 0 unspecified atom stereocenters. The van der Waals surface area contributed by atoms with Crippen molar-refractivity contribution >= 4 is 11.5 Å². The number of amidine groups is 1. The van der Waals surface area contributed by atoms with Crippen molar-refractivity contribution in [2.45, 2.75) is 19.3 Å². The maximum absolute atomic E-state index is 10.5. The third-order valence-corrected chi connectivity index (χ3v) is 2.76. The lowest BCUT2D eigenvalue weighted by Gasteiger charge is -2.05. The average Bonchev–Trinajstić information content (AvgIpc) is 2.83. The van der Waals surface area contributed by atoms with Gasteiger partial charge in [-0.25, -0.2) is 0 Å². The summed E-state index contributed by atoms with van der Waals surface area (Å²) >= 11 is 0. The van der Waals surface area contributed by atoms with Crippen LogP contribution in [0.25, 0.3) is 0 Å². The quantitative estimate of drug-likeness (QED) is 0.638. The predicted octanol–water partition coefficient (Wildman–Crippen LogP) is 1.92. The Balaban J connectivity index is 1.80. The third kappa shape index (κ3) is 3.27. The van der Waals surface area contributed by atoms with Gasteiger partial charge in [-0.1, -0.05) is 12.1 Å². The van der Waals surface area contributed by atoms with Gasteiger partial charge in [0.1, 0.15) is 0 Å². The molecular weight excluding hydrogens is 218 g/mol. The molecule has 90 valence electrons. The van der Waals surface area contributed by atoms with Gasteiger partial charge in [0.05, 0.1) is 10.8 Å². The van der Waals surface area contributed by atoms with Crippen molar-refractivity contribution in [3.63, 3.8) is 0 Å². The first kappa shape index (κ1) is 11.6. The van der Waals surface area contributed by atoms with E-state index in [1.54, 1.807) is 24.3 Å². The van der Waals surface area contributed by atoms with Crippen LogP contribution in [0.4, 0.5) is 5.69 Å². The lowest BCUT2D eigenvalue weighted by Crippen LogP contribution is -2.23. The Morgan fingerprint density at radius 3 is 2.71 bits per heavy atom. The van der Waals surface area contributed by atoms with Crippen LogP contribution < -0.4 is 5.32 Å². The highest BCUT2D eigenvalue weighted by atomic mass is 16.6. The fraction of sp³-hybridized carbons (Fsp3) is 0.417. The molecule has 1 aliphatic heterocycles. The first-order valence-corrected chi connectivity index (χ1v) is 5.76. The van der Waals surface area contributed by atoms with Crippen LogP contribution in [0, 0.1) is 10.1 Å². The van der Waals surface area contributed by atoms with Crippen LogP contribution in [0.3, 0.4) is 0 Å². The molecule has 0 fully saturated rings. The Morgan fingerprint density at radius 2 is 2.12 bits per heavy atom. The van der Waals surface area contributed by atoms with E-state index < -0.39 is 0 Å². The molecule has 0 bridgehead atoms. The number of non-ortho nitro benzene ring substituents is 1. The summed E-state index contributed by atoms with van der Waals surface area (Å²) in [5, 5.41) is 13.8. The summed E-state index contributed by atoms with van der Waals surface area (Å²) in [5.41, 5.74) is 1.24. The second kappa shape index (κ2) is 5.43. The van der Waals surface area contributed by atoms with Crippen LogP contribution in [0.1, 0.15) is 18.4 Å². The fourth-order valence-electron chi connectivity index (χ4n) is 1.82. The number of nitro groups is 1. The molecule has 0 radical (unpaired) electrons. The van der Waals surface area contributed by atoms with Gasteiger partial charge in [0.25, 0.3) is 5.69 Å². The Kier molecular flexibility index (Phi) is 3.69. The minimum atomic E-state index is -0.380. The van der Waals surface area contributed by atoms with Gasteiger partial charge in [0.2, 0.25) is 0 Å². The first-order valence-electron chi connectivity index (χ1n) is 5.76. The van der Waals surface area contributed by atoms with E-state index in [0.717, 1.165) is 43.8 Å². The standard InChI is InChI=1S/C12H15N3O2/c16-15(17)11-5-3-10(4-6-11)7-9-14-12-2-1-8-13-12/h3-6H,1-2,7-9H2,(H,13,14). The van der Waals surface area contributed by atoms with Crippen LogP contribution in [0.15, 0.2) is 29.3 Å². The van der Waals surface area contributed by atoms with Crippen LogP contribution in [-0.2, 0) is 6.42 Å². The molecule has 5 heteroatoms. The molecule has 0 spiro atoms. The summed E-state index contributed by atoms with van der Waals surface area (Å²) in [6.45, 7) is 1.76. The molecule has 0 amide bonds. The van der Waals surface area contributed by atoms with Crippen LogP contribution in [-0.4, -0.2) is 23.8 Å². The maximum atomic E-state index is 10.5. The number of hydrogen-bond donors (Lipinski definition) is 1. The van der Waals surface area contributed by atoms with Crippen molar-refractivity contribution in [1.29, 1.82) is 0 Å². The molecule has 1 aromatic carbocycles. The summed E-state index contributed by atoms with van der Waals surface area (Å²) in [6.07, 6.45) is 3.04. The van der Waals surface area contributed by atoms with Gasteiger partial charge in [0, 0.05) is 31.6 Å². The van der Waals surface area contributed by atoms with Crippen molar-refractivity contribution in [3.8, 4) is 0 Å². The van der Waals surface area contributed by atoms with E-state index in [1.165, 1.54) is 0 Å². The second-order valence-corrected chi connectivity index (χ2v) is 4.03. The van der Waals surface area contributed by atoms with E-state index in [2.05, 4.69) is 10.3 Å². The molecule has 1 aliphatic rings. The van der Waals surface area contributed by atoms with E-state index in [9.17, 15) is 10.1 Å². The third-order valence-electron chi connectivity index (χ3n) is 2.76. The number of nitrogens with zero attached hydrogens (tertiary/aromatic N) is 2. The summed E-state index contributed by atoms with van der Waals surface area (Å²) in [5.74, 6) is 1.09. The maximum Gasteiger partial charge on any atom is 0.269 e. The highest BCUT2D eigenvalue weighted by molar-refractivity contribution is 5.83.